The summed E-state index contributed by atoms with van der Waals surface area (Å²) < 4.78 is 44.4. The summed E-state index contributed by atoms with van der Waals surface area (Å²) in [5.41, 5.74) is 2.28. The topological polar surface area (TPSA) is 42.2 Å². The predicted molar refractivity (Wildman–Crippen MR) is 103 cm³/mol. The van der Waals surface area contributed by atoms with Crippen molar-refractivity contribution >= 4 is 0 Å². The van der Waals surface area contributed by atoms with Crippen molar-refractivity contribution in [3.8, 4) is 11.5 Å². The number of likely N-dealkylation sites (tertiary alicyclic amines) is 1. The molecule has 7 heteroatoms. The molecule has 152 valence electrons. The maximum atomic E-state index is 12.9. The lowest BCUT2D eigenvalue weighted by molar-refractivity contribution is -0.137. The van der Waals surface area contributed by atoms with Crippen LogP contribution in [0.1, 0.15) is 47.9 Å². The molecule has 3 aromatic rings. The summed E-state index contributed by atoms with van der Waals surface area (Å²) in [4.78, 5) is 2.21. The van der Waals surface area contributed by atoms with Crippen molar-refractivity contribution in [1.82, 2.24) is 15.1 Å². The predicted octanol–water partition coefficient (Wildman–Crippen LogP) is 5.79. The van der Waals surface area contributed by atoms with Crippen LogP contribution in [0.3, 0.4) is 0 Å². The molecule has 0 spiro atoms. The minimum absolute atomic E-state index is 0.0424. The smallest absolute Gasteiger partial charge is 0.416 e. The van der Waals surface area contributed by atoms with Gasteiger partial charge in [0.05, 0.1) is 12.1 Å². The van der Waals surface area contributed by atoms with Gasteiger partial charge in [0.2, 0.25) is 11.8 Å². The van der Waals surface area contributed by atoms with E-state index in [4.69, 9.17) is 4.42 Å². The number of alkyl halides is 3. The molecule has 1 aliphatic rings. The Kier molecular flexibility index (Phi) is 5.41. The molecule has 1 fully saturated rings. The van der Waals surface area contributed by atoms with Crippen molar-refractivity contribution in [2.24, 2.45) is 0 Å². The van der Waals surface area contributed by atoms with Gasteiger partial charge >= 0.3 is 6.18 Å². The van der Waals surface area contributed by atoms with Gasteiger partial charge in [-0.25, -0.2) is 0 Å². The van der Waals surface area contributed by atoms with Crippen LogP contribution < -0.4 is 0 Å². The quantitative estimate of drug-likeness (QED) is 0.555. The third-order valence-corrected chi connectivity index (χ3v) is 5.34. The molecule has 0 amide bonds. The van der Waals surface area contributed by atoms with Crippen LogP contribution >= 0.6 is 0 Å². The minimum Gasteiger partial charge on any atom is -0.419 e. The fraction of sp³-hybridized carbons (Fsp3) is 0.364. The first-order valence-corrected chi connectivity index (χ1v) is 9.71. The molecular formula is C22H22F3N3O. The van der Waals surface area contributed by atoms with Gasteiger partial charge in [-0.15, -0.1) is 10.2 Å². The molecule has 2 aromatic carbocycles. The van der Waals surface area contributed by atoms with Gasteiger partial charge in [0.25, 0.3) is 0 Å². The van der Waals surface area contributed by atoms with Crippen LogP contribution in [0.5, 0.6) is 0 Å². The molecule has 0 radical (unpaired) electrons. The molecule has 1 unspecified atom stereocenters. The van der Waals surface area contributed by atoms with Gasteiger partial charge in [0.1, 0.15) is 0 Å². The summed E-state index contributed by atoms with van der Waals surface area (Å²) >= 11 is 0. The first-order chi connectivity index (χ1) is 13.9. The number of halogens is 3. The highest BCUT2D eigenvalue weighted by atomic mass is 19.4. The van der Waals surface area contributed by atoms with Gasteiger partial charge in [0, 0.05) is 11.6 Å². The Morgan fingerprint density at radius 2 is 1.72 bits per heavy atom. The minimum atomic E-state index is -4.32. The van der Waals surface area contributed by atoms with E-state index < -0.39 is 11.7 Å². The highest BCUT2D eigenvalue weighted by Gasteiger charge is 2.31. The molecule has 0 aliphatic carbocycles. The van der Waals surface area contributed by atoms with E-state index in [1.54, 1.807) is 12.1 Å². The Bertz CT molecular complexity index is 949. The lowest BCUT2D eigenvalue weighted by atomic mass is 9.94. The molecule has 0 bridgehead atoms. The van der Waals surface area contributed by atoms with E-state index in [1.807, 2.05) is 31.2 Å². The average molecular weight is 401 g/mol. The largest absolute Gasteiger partial charge is 0.419 e. The number of rotatable bonds is 4. The van der Waals surface area contributed by atoms with Crippen molar-refractivity contribution in [3.05, 3.63) is 71.1 Å². The van der Waals surface area contributed by atoms with Gasteiger partial charge in [-0.05, 0) is 56.1 Å². The van der Waals surface area contributed by atoms with Crippen molar-refractivity contribution < 1.29 is 17.6 Å². The molecule has 0 saturated carbocycles. The zero-order valence-corrected chi connectivity index (χ0v) is 16.1. The zero-order chi connectivity index (χ0) is 20.4. The summed E-state index contributed by atoms with van der Waals surface area (Å²) in [5.74, 6) is 0.988. The van der Waals surface area contributed by atoms with E-state index in [0.29, 0.717) is 18.3 Å². The number of hydrogen-bond donors (Lipinski definition) is 0. The Morgan fingerprint density at radius 3 is 2.41 bits per heavy atom. The molecule has 1 atom stereocenters. The molecule has 1 aromatic heterocycles. The second-order valence-corrected chi connectivity index (χ2v) is 7.47. The maximum Gasteiger partial charge on any atom is 0.416 e. The van der Waals surface area contributed by atoms with E-state index in [1.165, 1.54) is 0 Å². The van der Waals surface area contributed by atoms with Crippen molar-refractivity contribution in [2.45, 2.75) is 44.9 Å². The third kappa shape index (κ3) is 4.50. The van der Waals surface area contributed by atoms with Crippen molar-refractivity contribution in [2.75, 3.05) is 6.54 Å². The van der Waals surface area contributed by atoms with Crippen LogP contribution in [0.25, 0.3) is 11.5 Å². The zero-order valence-electron chi connectivity index (χ0n) is 16.1. The number of aryl methyl sites for hydroxylation is 1. The number of hydrogen-bond acceptors (Lipinski definition) is 4. The highest BCUT2D eigenvalue weighted by Crippen LogP contribution is 2.35. The molecule has 1 saturated heterocycles. The second-order valence-electron chi connectivity index (χ2n) is 7.47. The highest BCUT2D eigenvalue weighted by molar-refractivity contribution is 5.52. The first-order valence-electron chi connectivity index (χ1n) is 9.71. The van der Waals surface area contributed by atoms with Gasteiger partial charge in [-0.3, -0.25) is 4.90 Å². The first kappa shape index (κ1) is 19.6. The van der Waals surface area contributed by atoms with Crippen LogP contribution in [-0.4, -0.2) is 21.6 Å². The molecule has 29 heavy (non-hydrogen) atoms. The molecular weight excluding hydrogens is 379 g/mol. The summed E-state index contributed by atoms with van der Waals surface area (Å²) in [7, 11) is 0. The number of benzene rings is 2. The lowest BCUT2D eigenvalue weighted by Crippen LogP contribution is -2.33. The van der Waals surface area contributed by atoms with Gasteiger partial charge in [-0.2, -0.15) is 13.2 Å². The fourth-order valence-electron chi connectivity index (χ4n) is 3.76. The molecule has 1 aliphatic heterocycles. The van der Waals surface area contributed by atoms with E-state index in [2.05, 4.69) is 15.1 Å². The SMILES string of the molecule is Cc1ccc(-c2nnc(CN3CCCCC3c3ccc(C(F)(F)F)cc3)o2)cc1. The molecule has 0 N–H and O–H groups in total. The molecule has 4 rings (SSSR count). The van der Waals surface area contributed by atoms with Gasteiger partial charge < -0.3 is 4.42 Å². The Labute approximate surface area is 167 Å². The summed E-state index contributed by atoms with van der Waals surface area (Å²) in [5, 5.41) is 8.33. The average Bonchev–Trinajstić information content (AvgIpc) is 3.17. The van der Waals surface area contributed by atoms with Crippen LogP contribution in [-0.2, 0) is 12.7 Å². The van der Waals surface area contributed by atoms with E-state index >= 15 is 0 Å². The molecule has 4 nitrogen and oxygen atoms in total. The summed E-state index contributed by atoms with van der Waals surface area (Å²) in [6, 6.07) is 13.4. The Balaban J connectivity index is 1.50. The summed E-state index contributed by atoms with van der Waals surface area (Å²) in [6.07, 6.45) is -1.35. The normalized spacial score (nSPS) is 18.1. The molecule has 2 heterocycles. The standard InChI is InChI=1S/C22H22F3N3O/c1-15-5-7-17(8-6-15)21-27-26-20(29-21)14-28-13-3-2-4-19(28)16-9-11-18(12-10-16)22(23,24)25/h5-12,19H,2-4,13-14H2,1H3. The fourth-order valence-corrected chi connectivity index (χ4v) is 3.76. The number of nitrogens with zero attached hydrogens (tertiary/aromatic N) is 3. The summed E-state index contributed by atoms with van der Waals surface area (Å²) in [6.45, 7) is 3.33. The Morgan fingerprint density at radius 1 is 1.00 bits per heavy atom. The van der Waals surface area contributed by atoms with Crippen LogP contribution in [0.2, 0.25) is 0 Å². The Hall–Kier alpha value is -2.67. The van der Waals surface area contributed by atoms with Crippen molar-refractivity contribution in [1.29, 1.82) is 0 Å². The van der Waals surface area contributed by atoms with Gasteiger partial charge in [0.15, 0.2) is 0 Å². The van der Waals surface area contributed by atoms with E-state index in [9.17, 15) is 13.2 Å². The maximum absolute atomic E-state index is 12.9. The van der Waals surface area contributed by atoms with Crippen molar-refractivity contribution in [3.63, 3.8) is 0 Å². The van der Waals surface area contributed by atoms with Crippen LogP contribution in [0.4, 0.5) is 13.2 Å². The van der Waals surface area contributed by atoms with Gasteiger partial charge in [-0.1, -0.05) is 36.2 Å². The number of aromatic nitrogens is 2. The van der Waals surface area contributed by atoms with E-state index in [-0.39, 0.29) is 6.04 Å². The van der Waals surface area contributed by atoms with E-state index in [0.717, 1.165) is 54.6 Å². The number of piperidine rings is 1. The monoisotopic (exact) mass is 401 g/mol. The lowest BCUT2D eigenvalue weighted by Gasteiger charge is -2.35. The van der Waals surface area contributed by atoms with Crippen LogP contribution in [0, 0.1) is 6.92 Å². The third-order valence-electron chi connectivity index (χ3n) is 5.34. The second kappa shape index (κ2) is 7.99. The van der Waals surface area contributed by atoms with Crippen LogP contribution in [0.15, 0.2) is 52.9 Å².